The second-order valence-electron chi connectivity index (χ2n) is 6.30. The van der Waals surface area contributed by atoms with Crippen LogP contribution in [0.2, 0.25) is 0 Å². The van der Waals surface area contributed by atoms with Crippen LogP contribution in [0.4, 0.5) is 0 Å². The van der Waals surface area contributed by atoms with Crippen LogP contribution >= 0.6 is 0 Å². The third kappa shape index (κ3) is 2.54. The molecule has 0 spiro atoms. The van der Waals surface area contributed by atoms with Crippen molar-refractivity contribution in [2.24, 2.45) is 0 Å². The molecule has 1 atom stereocenters. The smallest absolute Gasteiger partial charge is 0.123 e. The Hall–Kier alpha value is -1.02. The summed E-state index contributed by atoms with van der Waals surface area (Å²) in [5.74, 6) is 1.09. The van der Waals surface area contributed by atoms with E-state index in [1.807, 2.05) is 0 Å². The van der Waals surface area contributed by atoms with Crippen LogP contribution in [0.25, 0.3) is 0 Å². The number of hydrogen-bond donors (Lipinski definition) is 1. The van der Waals surface area contributed by atoms with Gasteiger partial charge in [0.05, 0.1) is 0 Å². The van der Waals surface area contributed by atoms with Crippen LogP contribution < -0.4 is 10.1 Å². The molecule has 1 fully saturated rings. The molecule has 0 aromatic heterocycles. The molecule has 0 aliphatic carbocycles. The van der Waals surface area contributed by atoms with Gasteiger partial charge in [-0.2, -0.15) is 0 Å². The number of benzene rings is 1. The summed E-state index contributed by atoms with van der Waals surface area (Å²) in [4.78, 5) is 0. The van der Waals surface area contributed by atoms with Gasteiger partial charge in [-0.3, -0.25) is 0 Å². The molecular weight excluding hydrogens is 222 g/mol. The zero-order valence-corrected chi connectivity index (χ0v) is 11.5. The SMILES string of the molecule is CC1(C)CCc2cc(CC3CCCN3)ccc2O1. The Morgan fingerprint density at radius 2 is 2.28 bits per heavy atom. The average Bonchev–Trinajstić information content (AvgIpc) is 2.81. The second-order valence-corrected chi connectivity index (χ2v) is 6.30. The summed E-state index contributed by atoms with van der Waals surface area (Å²) in [6.07, 6.45) is 6.07. The van der Waals surface area contributed by atoms with E-state index in [1.165, 1.54) is 30.5 Å². The van der Waals surface area contributed by atoms with Gasteiger partial charge in [-0.25, -0.2) is 0 Å². The van der Waals surface area contributed by atoms with E-state index >= 15 is 0 Å². The molecule has 1 saturated heterocycles. The van der Waals surface area contributed by atoms with Gasteiger partial charge in [0.2, 0.25) is 0 Å². The fraction of sp³-hybridized carbons (Fsp3) is 0.625. The van der Waals surface area contributed by atoms with E-state index in [-0.39, 0.29) is 5.60 Å². The highest BCUT2D eigenvalue weighted by molar-refractivity contribution is 5.39. The van der Waals surface area contributed by atoms with Crippen LogP contribution in [0.15, 0.2) is 18.2 Å². The molecule has 3 rings (SSSR count). The molecule has 2 nitrogen and oxygen atoms in total. The van der Waals surface area contributed by atoms with Gasteiger partial charge in [0, 0.05) is 6.04 Å². The molecule has 0 amide bonds. The molecule has 2 heterocycles. The molecule has 0 radical (unpaired) electrons. The van der Waals surface area contributed by atoms with Gasteiger partial charge in [-0.15, -0.1) is 0 Å². The Morgan fingerprint density at radius 3 is 3.06 bits per heavy atom. The molecule has 2 aliphatic heterocycles. The first-order chi connectivity index (χ1) is 8.62. The first kappa shape index (κ1) is 12.0. The lowest BCUT2D eigenvalue weighted by Gasteiger charge is -2.32. The van der Waals surface area contributed by atoms with Gasteiger partial charge in [-0.1, -0.05) is 12.1 Å². The van der Waals surface area contributed by atoms with Crippen LogP contribution in [0.5, 0.6) is 5.75 Å². The summed E-state index contributed by atoms with van der Waals surface area (Å²) in [6.45, 7) is 5.53. The molecule has 18 heavy (non-hydrogen) atoms. The Bertz CT molecular complexity index is 433. The third-order valence-electron chi connectivity index (χ3n) is 4.15. The minimum Gasteiger partial charge on any atom is -0.488 e. The number of hydrogen-bond acceptors (Lipinski definition) is 2. The fourth-order valence-corrected chi connectivity index (χ4v) is 3.05. The van der Waals surface area contributed by atoms with Crippen molar-refractivity contribution in [3.8, 4) is 5.75 Å². The van der Waals surface area contributed by atoms with Crippen LogP contribution in [-0.2, 0) is 12.8 Å². The second kappa shape index (κ2) is 4.58. The van der Waals surface area contributed by atoms with Crippen LogP contribution in [0.3, 0.4) is 0 Å². The lowest BCUT2D eigenvalue weighted by Crippen LogP contribution is -2.32. The summed E-state index contributed by atoms with van der Waals surface area (Å²) in [5.41, 5.74) is 2.85. The highest BCUT2D eigenvalue weighted by Crippen LogP contribution is 2.33. The van der Waals surface area contributed by atoms with Crippen LogP contribution in [0, 0.1) is 0 Å². The maximum Gasteiger partial charge on any atom is 0.123 e. The molecule has 1 unspecified atom stereocenters. The summed E-state index contributed by atoms with van der Waals surface area (Å²) >= 11 is 0. The Kier molecular flexibility index (Phi) is 3.06. The van der Waals surface area contributed by atoms with Crippen molar-refractivity contribution < 1.29 is 4.74 Å². The summed E-state index contributed by atoms with van der Waals surface area (Å²) in [5, 5.41) is 3.57. The molecule has 2 heteroatoms. The zero-order chi connectivity index (χ0) is 12.6. The lowest BCUT2D eigenvalue weighted by molar-refractivity contribution is 0.0846. The van der Waals surface area contributed by atoms with Gasteiger partial charge in [0.15, 0.2) is 0 Å². The zero-order valence-electron chi connectivity index (χ0n) is 11.5. The van der Waals surface area contributed by atoms with Gasteiger partial charge in [0.25, 0.3) is 0 Å². The predicted molar refractivity (Wildman–Crippen MR) is 74.2 cm³/mol. The third-order valence-corrected chi connectivity index (χ3v) is 4.15. The van der Waals surface area contributed by atoms with Gasteiger partial charge in [0.1, 0.15) is 11.4 Å². The normalized spacial score (nSPS) is 25.6. The van der Waals surface area contributed by atoms with Gasteiger partial charge >= 0.3 is 0 Å². The number of rotatable bonds is 2. The van der Waals surface area contributed by atoms with E-state index in [0.717, 1.165) is 25.0 Å². The molecule has 0 saturated carbocycles. The summed E-state index contributed by atoms with van der Waals surface area (Å²) in [6, 6.07) is 7.44. The summed E-state index contributed by atoms with van der Waals surface area (Å²) < 4.78 is 6.03. The van der Waals surface area contributed by atoms with E-state index < -0.39 is 0 Å². The van der Waals surface area contributed by atoms with E-state index in [2.05, 4.69) is 37.4 Å². The largest absolute Gasteiger partial charge is 0.488 e. The maximum absolute atomic E-state index is 6.03. The fourth-order valence-electron chi connectivity index (χ4n) is 3.05. The maximum atomic E-state index is 6.03. The molecular formula is C16H23NO. The number of nitrogens with one attached hydrogen (secondary N) is 1. The first-order valence-electron chi connectivity index (χ1n) is 7.17. The van der Waals surface area contributed by atoms with Gasteiger partial charge in [-0.05, 0) is 69.7 Å². The van der Waals surface area contributed by atoms with Crippen molar-refractivity contribution in [1.82, 2.24) is 5.32 Å². The Labute approximate surface area is 110 Å². The predicted octanol–water partition coefficient (Wildman–Crippen LogP) is 3.08. The van der Waals surface area contributed by atoms with E-state index in [4.69, 9.17) is 4.74 Å². The highest BCUT2D eigenvalue weighted by atomic mass is 16.5. The van der Waals surface area contributed by atoms with Crippen molar-refractivity contribution in [2.45, 2.75) is 57.6 Å². The van der Waals surface area contributed by atoms with E-state index in [9.17, 15) is 0 Å². The Morgan fingerprint density at radius 1 is 1.39 bits per heavy atom. The van der Waals surface area contributed by atoms with Crippen molar-refractivity contribution in [3.05, 3.63) is 29.3 Å². The van der Waals surface area contributed by atoms with Crippen molar-refractivity contribution in [1.29, 1.82) is 0 Å². The number of fused-ring (bicyclic) bond motifs is 1. The number of aryl methyl sites for hydroxylation is 1. The quantitative estimate of drug-likeness (QED) is 0.864. The average molecular weight is 245 g/mol. The lowest BCUT2D eigenvalue weighted by atomic mass is 9.92. The molecule has 0 bridgehead atoms. The monoisotopic (exact) mass is 245 g/mol. The molecule has 1 N–H and O–H groups in total. The van der Waals surface area contributed by atoms with Crippen LogP contribution in [0.1, 0.15) is 44.2 Å². The summed E-state index contributed by atoms with van der Waals surface area (Å²) in [7, 11) is 0. The first-order valence-corrected chi connectivity index (χ1v) is 7.17. The van der Waals surface area contributed by atoms with E-state index in [0.29, 0.717) is 6.04 Å². The van der Waals surface area contributed by atoms with Gasteiger partial charge < -0.3 is 10.1 Å². The van der Waals surface area contributed by atoms with Crippen molar-refractivity contribution >= 4 is 0 Å². The van der Waals surface area contributed by atoms with E-state index in [1.54, 1.807) is 0 Å². The molecule has 98 valence electrons. The topological polar surface area (TPSA) is 21.3 Å². The Balaban J connectivity index is 1.75. The van der Waals surface area contributed by atoms with Crippen molar-refractivity contribution in [2.75, 3.05) is 6.54 Å². The number of ether oxygens (including phenoxy) is 1. The minimum absolute atomic E-state index is 0.00151. The molecule has 1 aromatic rings. The molecule has 1 aromatic carbocycles. The van der Waals surface area contributed by atoms with Crippen LogP contribution in [-0.4, -0.2) is 18.2 Å². The van der Waals surface area contributed by atoms with Crippen molar-refractivity contribution in [3.63, 3.8) is 0 Å². The highest BCUT2D eigenvalue weighted by Gasteiger charge is 2.26. The standard InChI is InChI=1S/C16H23NO/c1-16(2)8-7-13-10-12(5-6-15(13)18-16)11-14-4-3-9-17-14/h5-6,10,14,17H,3-4,7-9,11H2,1-2H3. The molecule has 2 aliphatic rings. The minimum atomic E-state index is 0.00151.